The molecule has 122 valence electrons. The summed E-state index contributed by atoms with van der Waals surface area (Å²) in [4.78, 5) is 34.6. The maximum atomic E-state index is 12.1. The van der Waals surface area contributed by atoms with Gasteiger partial charge in [0.05, 0.1) is 0 Å². The van der Waals surface area contributed by atoms with Crippen LogP contribution in [0.2, 0.25) is 0 Å². The summed E-state index contributed by atoms with van der Waals surface area (Å²) in [7, 11) is 0. The first-order valence-corrected chi connectivity index (χ1v) is 8.28. The number of aromatic nitrogens is 1. The Bertz CT molecular complexity index is 571. The lowest BCUT2D eigenvalue weighted by Gasteiger charge is -2.17. The first-order chi connectivity index (χ1) is 10.3. The molecule has 1 rings (SSSR count). The van der Waals surface area contributed by atoms with Gasteiger partial charge < -0.3 is 15.0 Å². The number of thioether (sulfide) groups is 1. The summed E-state index contributed by atoms with van der Waals surface area (Å²) in [5.41, 5.74) is 1.24. The minimum absolute atomic E-state index is 0.00263. The molecule has 0 saturated carbocycles. The molecule has 1 amide bonds. The number of rotatable bonds is 8. The zero-order valence-electron chi connectivity index (χ0n) is 13.1. The fourth-order valence-electron chi connectivity index (χ4n) is 2.12. The molecule has 2 N–H and O–H groups in total. The van der Waals surface area contributed by atoms with E-state index in [2.05, 4.69) is 5.32 Å². The molecule has 0 saturated heterocycles. The van der Waals surface area contributed by atoms with Crippen LogP contribution in [0.25, 0.3) is 0 Å². The number of amides is 1. The van der Waals surface area contributed by atoms with Crippen molar-refractivity contribution in [2.24, 2.45) is 0 Å². The second-order valence-corrected chi connectivity index (χ2v) is 6.40. The number of carboxylic acids is 1. The number of pyridine rings is 1. The second kappa shape index (κ2) is 8.63. The summed E-state index contributed by atoms with van der Waals surface area (Å²) in [6, 6.07) is 2.02. The lowest BCUT2D eigenvalue weighted by molar-refractivity contribution is -0.141. The number of aliphatic carboxylic acids is 1. The highest BCUT2D eigenvalue weighted by Crippen LogP contribution is 2.06. The maximum Gasteiger partial charge on any atom is 0.326 e. The van der Waals surface area contributed by atoms with Crippen LogP contribution in [0.15, 0.2) is 16.9 Å². The summed E-state index contributed by atoms with van der Waals surface area (Å²) >= 11 is 1.64. The van der Waals surface area contributed by atoms with Crippen LogP contribution in [-0.4, -0.2) is 39.1 Å². The summed E-state index contributed by atoms with van der Waals surface area (Å²) in [5.74, 6) is 0.196. The smallest absolute Gasteiger partial charge is 0.326 e. The number of nitrogens with one attached hydrogen (secondary N) is 1. The number of hydrogen-bond donors (Lipinski definition) is 2. The molecule has 0 aliphatic heterocycles. The van der Waals surface area contributed by atoms with Gasteiger partial charge in [0.25, 0.3) is 0 Å². The van der Waals surface area contributed by atoms with Gasteiger partial charge >= 0.3 is 5.97 Å². The van der Waals surface area contributed by atoms with Gasteiger partial charge in [-0.1, -0.05) is 6.92 Å². The van der Waals surface area contributed by atoms with Crippen molar-refractivity contribution in [3.8, 4) is 0 Å². The van der Waals surface area contributed by atoms with Crippen LogP contribution in [0.4, 0.5) is 0 Å². The summed E-state index contributed by atoms with van der Waals surface area (Å²) < 4.78 is 1.69. The molecule has 1 heterocycles. The predicted molar refractivity (Wildman–Crippen MR) is 87.4 cm³/mol. The number of carbonyl (C=O) groups excluding carboxylic acids is 1. The molecule has 6 nitrogen and oxygen atoms in total. The van der Waals surface area contributed by atoms with E-state index in [0.29, 0.717) is 23.6 Å². The van der Waals surface area contributed by atoms with Gasteiger partial charge in [0, 0.05) is 23.5 Å². The topological polar surface area (TPSA) is 88.4 Å². The second-order valence-electron chi connectivity index (χ2n) is 5.00. The SMILES string of the molecule is CCSCCC(NC(=O)Cn1c(C)cc(=O)cc1C)C(=O)O. The molecule has 1 aromatic heterocycles. The number of carbonyl (C=O) groups is 2. The molecule has 0 radical (unpaired) electrons. The Kier molecular flexibility index (Phi) is 7.17. The van der Waals surface area contributed by atoms with Crippen molar-refractivity contribution in [2.45, 2.75) is 39.8 Å². The van der Waals surface area contributed by atoms with E-state index in [1.807, 2.05) is 6.92 Å². The first-order valence-electron chi connectivity index (χ1n) is 7.13. The lowest BCUT2D eigenvalue weighted by Crippen LogP contribution is -2.43. The molecule has 0 spiro atoms. The molecule has 0 aliphatic carbocycles. The van der Waals surface area contributed by atoms with Gasteiger partial charge in [0.1, 0.15) is 12.6 Å². The van der Waals surface area contributed by atoms with Gasteiger partial charge in [-0.25, -0.2) is 4.79 Å². The van der Waals surface area contributed by atoms with Gasteiger partial charge in [0.15, 0.2) is 5.43 Å². The van der Waals surface area contributed by atoms with Crippen LogP contribution in [-0.2, 0) is 16.1 Å². The Morgan fingerprint density at radius 3 is 2.41 bits per heavy atom. The molecule has 22 heavy (non-hydrogen) atoms. The number of nitrogens with zero attached hydrogens (tertiary/aromatic N) is 1. The van der Waals surface area contributed by atoms with Crippen LogP contribution in [0.1, 0.15) is 24.7 Å². The number of hydrogen-bond acceptors (Lipinski definition) is 4. The third-order valence-corrected chi connectivity index (χ3v) is 4.18. The maximum absolute atomic E-state index is 12.1. The van der Waals surface area contributed by atoms with E-state index in [4.69, 9.17) is 5.11 Å². The molecule has 0 aliphatic rings. The van der Waals surface area contributed by atoms with Gasteiger partial charge in [-0.3, -0.25) is 9.59 Å². The number of carboxylic acid groups (broad SMARTS) is 1. The van der Waals surface area contributed by atoms with Crippen molar-refractivity contribution in [3.05, 3.63) is 33.7 Å². The average molecular weight is 326 g/mol. The van der Waals surface area contributed by atoms with Crippen LogP contribution in [0.3, 0.4) is 0 Å². The molecular weight excluding hydrogens is 304 g/mol. The molecule has 1 aromatic rings. The van der Waals surface area contributed by atoms with E-state index in [9.17, 15) is 14.4 Å². The lowest BCUT2D eigenvalue weighted by atomic mass is 10.2. The van der Waals surface area contributed by atoms with E-state index in [0.717, 1.165) is 5.75 Å². The fraction of sp³-hybridized carbons (Fsp3) is 0.533. The highest BCUT2D eigenvalue weighted by Gasteiger charge is 2.20. The van der Waals surface area contributed by atoms with Gasteiger partial charge in [-0.2, -0.15) is 11.8 Å². The van der Waals surface area contributed by atoms with Gasteiger partial charge in [0.2, 0.25) is 5.91 Å². The van der Waals surface area contributed by atoms with Gasteiger partial charge in [-0.15, -0.1) is 0 Å². The largest absolute Gasteiger partial charge is 0.480 e. The monoisotopic (exact) mass is 326 g/mol. The Morgan fingerprint density at radius 1 is 1.32 bits per heavy atom. The highest BCUT2D eigenvalue weighted by molar-refractivity contribution is 7.99. The molecule has 0 bridgehead atoms. The molecule has 1 atom stereocenters. The molecule has 7 heteroatoms. The van der Waals surface area contributed by atoms with Crippen LogP contribution in [0.5, 0.6) is 0 Å². The minimum Gasteiger partial charge on any atom is -0.480 e. The summed E-state index contributed by atoms with van der Waals surface area (Å²) in [6.45, 7) is 5.49. The zero-order chi connectivity index (χ0) is 16.7. The summed E-state index contributed by atoms with van der Waals surface area (Å²) in [6.07, 6.45) is 0.391. The van der Waals surface area contributed by atoms with E-state index in [-0.39, 0.29) is 17.9 Å². The Balaban J connectivity index is 2.72. The Labute approximate surface area is 133 Å². The Morgan fingerprint density at radius 2 is 1.91 bits per heavy atom. The van der Waals surface area contributed by atoms with Crippen molar-refractivity contribution >= 4 is 23.6 Å². The molecule has 0 fully saturated rings. The minimum atomic E-state index is -1.03. The van der Waals surface area contributed by atoms with Crippen LogP contribution >= 0.6 is 11.8 Å². The molecular formula is C15H22N2O4S. The van der Waals surface area contributed by atoms with E-state index in [1.165, 1.54) is 12.1 Å². The predicted octanol–water partition coefficient (Wildman–Crippen LogP) is 1.18. The van der Waals surface area contributed by atoms with Crippen molar-refractivity contribution in [2.75, 3.05) is 11.5 Å². The van der Waals surface area contributed by atoms with Crippen molar-refractivity contribution < 1.29 is 14.7 Å². The quantitative estimate of drug-likeness (QED) is 0.700. The third kappa shape index (κ3) is 5.55. The third-order valence-electron chi connectivity index (χ3n) is 3.24. The first kappa shape index (κ1) is 18.3. The highest BCUT2D eigenvalue weighted by atomic mass is 32.2. The van der Waals surface area contributed by atoms with Crippen molar-refractivity contribution in [1.29, 1.82) is 0 Å². The number of aryl methyl sites for hydroxylation is 2. The van der Waals surface area contributed by atoms with Crippen LogP contribution < -0.4 is 10.7 Å². The van der Waals surface area contributed by atoms with E-state index < -0.39 is 12.0 Å². The standard InChI is InChI=1S/C15H22N2O4S/c1-4-22-6-5-13(15(20)21)16-14(19)9-17-10(2)7-12(18)8-11(17)3/h7-8,13H,4-6,9H2,1-3H3,(H,16,19)(H,20,21). The zero-order valence-corrected chi connectivity index (χ0v) is 13.9. The molecule has 0 aromatic carbocycles. The molecule has 1 unspecified atom stereocenters. The van der Waals surface area contributed by atoms with Crippen molar-refractivity contribution in [3.63, 3.8) is 0 Å². The van der Waals surface area contributed by atoms with E-state index in [1.54, 1.807) is 30.2 Å². The Hall–Kier alpha value is -1.76. The van der Waals surface area contributed by atoms with Gasteiger partial charge in [-0.05, 0) is 31.8 Å². The van der Waals surface area contributed by atoms with Crippen LogP contribution in [0, 0.1) is 13.8 Å². The van der Waals surface area contributed by atoms with Crippen molar-refractivity contribution in [1.82, 2.24) is 9.88 Å². The fourth-order valence-corrected chi connectivity index (χ4v) is 2.81. The van der Waals surface area contributed by atoms with E-state index >= 15 is 0 Å². The summed E-state index contributed by atoms with van der Waals surface area (Å²) in [5, 5.41) is 11.7. The normalized spacial score (nSPS) is 12.0. The average Bonchev–Trinajstić information content (AvgIpc) is 2.41.